The Morgan fingerprint density at radius 2 is 1.24 bits per heavy atom. The first-order valence-corrected chi connectivity index (χ1v) is 24.0. The zero-order valence-electron chi connectivity index (χ0n) is 37.1. The van der Waals surface area contributed by atoms with Crippen molar-refractivity contribution in [1.29, 1.82) is 0 Å². The smallest absolute Gasteiger partial charge is 0.136 e. The minimum atomic E-state index is -0.0274. The molecule has 0 fully saturated rings. The molecule has 1 atom stereocenters. The zero-order chi connectivity index (χ0) is 44.1. The number of thiophene rings is 1. The van der Waals surface area contributed by atoms with Crippen molar-refractivity contribution in [2.45, 2.75) is 39.2 Å². The summed E-state index contributed by atoms with van der Waals surface area (Å²) in [6.45, 7) is 4.53. The van der Waals surface area contributed by atoms with Gasteiger partial charge < -0.3 is 4.42 Å². The van der Waals surface area contributed by atoms with E-state index < -0.39 is 0 Å². The second-order valence-electron chi connectivity index (χ2n) is 17.7. The maximum atomic E-state index is 6.70. The van der Waals surface area contributed by atoms with Crippen LogP contribution in [0.1, 0.15) is 55.8 Å². The van der Waals surface area contributed by atoms with Crippen molar-refractivity contribution < 1.29 is 4.42 Å². The van der Waals surface area contributed by atoms with Gasteiger partial charge in [-0.25, -0.2) is 0 Å². The quantitative estimate of drug-likeness (QED) is 0.0993. The Kier molecular flexibility index (Phi) is 10.1. The summed E-state index contributed by atoms with van der Waals surface area (Å²) in [5, 5.41) is 12.4. The largest absolute Gasteiger partial charge is 0.456 e. The summed E-state index contributed by atoms with van der Waals surface area (Å²) < 4.78 is 9.36. The molecule has 0 spiro atoms. The SMILES string of the molecule is CCCC(N=C(C/C(C)=C\c1ccc2c(c1)sc1ccccc12)c1ccccc1)c1cccc2c(-c3cc(-c4ccc5ccc6ccccc6c5c4)cc4oc5ccccc5c34)cccc12. The summed E-state index contributed by atoms with van der Waals surface area (Å²) in [4.78, 5) is 5.76. The third-order valence-corrected chi connectivity index (χ3v) is 14.5. The monoisotopic (exact) mass is 865 g/mol. The Balaban J connectivity index is 0.980. The minimum Gasteiger partial charge on any atom is -0.456 e. The van der Waals surface area contributed by atoms with E-state index in [1.807, 2.05) is 11.3 Å². The van der Waals surface area contributed by atoms with Crippen LogP contribution in [0.5, 0.6) is 0 Å². The molecule has 0 aliphatic rings. The number of fused-ring (bicyclic) bond motifs is 10. The standard InChI is InChI=1S/C63H47NOS/c1-3-15-57(64-58(44-17-5-4-6-18-44)35-40(2)34-41-28-33-53-52-20-10-12-27-61(52)66-62(53)36-41)51-25-14-22-48-49(51)23-13-24-50(48)56-38-46(39-60-63(56)54-21-9-11-26-59(54)65-60)45-32-31-43-30-29-42-16-7-8-19-47(42)55(43)37-45/h4-14,16-34,36-39,57H,3,15,35H2,1-2H3/b40-34-,64-58?. The van der Waals surface area contributed by atoms with Crippen molar-refractivity contribution >= 4 is 97.6 Å². The van der Waals surface area contributed by atoms with Crippen LogP contribution in [0, 0.1) is 0 Å². The molecule has 3 heteroatoms. The van der Waals surface area contributed by atoms with Crippen LogP contribution in [-0.2, 0) is 0 Å². The topological polar surface area (TPSA) is 25.5 Å². The fraction of sp³-hybridized carbons (Fsp3) is 0.0952. The van der Waals surface area contributed by atoms with E-state index in [1.165, 1.54) is 91.4 Å². The third-order valence-electron chi connectivity index (χ3n) is 13.4. The van der Waals surface area contributed by atoms with Gasteiger partial charge in [0.15, 0.2) is 0 Å². The second kappa shape index (κ2) is 16.8. The lowest BCUT2D eigenvalue weighted by atomic mass is 9.88. The molecule has 2 aromatic heterocycles. The molecule has 0 saturated carbocycles. The van der Waals surface area contributed by atoms with E-state index in [4.69, 9.17) is 9.41 Å². The number of para-hydroxylation sites is 1. The van der Waals surface area contributed by atoms with Crippen molar-refractivity contribution in [2.75, 3.05) is 0 Å². The highest BCUT2D eigenvalue weighted by molar-refractivity contribution is 7.25. The van der Waals surface area contributed by atoms with Crippen LogP contribution in [0.25, 0.3) is 103 Å². The van der Waals surface area contributed by atoms with Crippen molar-refractivity contribution in [3.8, 4) is 22.3 Å². The first-order chi connectivity index (χ1) is 32.6. The van der Waals surface area contributed by atoms with Gasteiger partial charge in [-0.2, -0.15) is 0 Å². The number of hydrogen-bond donors (Lipinski definition) is 0. The maximum Gasteiger partial charge on any atom is 0.136 e. The molecule has 66 heavy (non-hydrogen) atoms. The van der Waals surface area contributed by atoms with Crippen LogP contribution < -0.4 is 0 Å². The van der Waals surface area contributed by atoms with Gasteiger partial charge in [-0.15, -0.1) is 11.3 Å². The highest BCUT2D eigenvalue weighted by Crippen LogP contribution is 2.44. The molecule has 0 bridgehead atoms. The molecule has 0 aliphatic carbocycles. The van der Waals surface area contributed by atoms with Gasteiger partial charge in [0.05, 0.1) is 6.04 Å². The van der Waals surface area contributed by atoms with Crippen LogP contribution in [0.3, 0.4) is 0 Å². The molecule has 12 rings (SSSR count). The van der Waals surface area contributed by atoms with Gasteiger partial charge >= 0.3 is 0 Å². The summed E-state index contributed by atoms with van der Waals surface area (Å²) >= 11 is 1.87. The fourth-order valence-corrected chi connectivity index (χ4v) is 11.5. The Labute approximate surface area is 388 Å². The van der Waals surface area contributed by atoms with Crippen molar-refractivity contribution in [3.05, 3.63) is 222 Å². The number of aliphatic imine (C=N–C) groups is 1. The van der Waals surface area contributed by atoms with Gasteiger partial charge in [0.25, 0.3) is 0 Å². The molecule has 0 saturated heterocycles. The van der Waals surface area contributed by atoms with E-state index in [0.29, 0.717) is 0 Å². The second-order valence-corrected chi connectivity index (χ2v) is 18.8. The summed E-state index contributed by atoms with van der Waals surface area (Å²) in [5.41, 5.74) is 12.5. The average molecular weight is 866 g/mol. The minimum absolute atomic E-state index is 0.0274. The molecular weight excluding hydrogens is 819 g/mol. The van der Waals surface area contributed by atoms with E-state index in [2.05, 4.69) is 220 Å². The van der Waals surface area contributed by atoms with Crippen LogP contribution in [0.15, 0.2) is 215 Å². The van der Waals surface area contributed by atoms with Crippen molar-refractivity contribution in [3.63, 3.8) is 0 Å². The van der Waals surface area contributed by atoms with Crippen molar-refractivity contribution in [2.24, 2.45) is 4.99 Å². The molecule has 0 radical (unpaired) electrons. The molecule has 1 unspecified atom stereocenters. The summed E-state index contributed by atoms with van der Waals surface area (Å²) in [6.07, 6.45) is 5.05. The fourth-order valence-electron chi connectivity index (χ4n) is 10.3. The maximum absolute atomic E-state index is 6.70. The lowest BCUT2D eigenvalue weighted by Crippen LogP contribution is -2.07. The Morgan fingerprint density at radius 3 is 2.12 bits per heavy atom. The summed E-state index contributed by atoms with van der Waals surface area (Å²) in [5.74, 6) is 0. The van der Waals surface area contributed by atoms with E-state index in [-0.39, 0.29) is 6.04 Å². The molecule has 2 nitrogen and oxygen atoms in total. The van der Waals surface area contributed by atoms with Gasteiger partial charge in [0, 0.05) is 43.1 Å². The van der Waals surface area contributed by atoms with E-state index in [9.17, 15) is 0 Å². The molecule has 316 valence electrons. The number of benzene rings is 10. The van der Waals surface area contributed by atoms with Crippen LogP contribution in [0.4, 0.5) is 0 Å². The number of nitrogens with zero attached hydrogens (tertiary/aromatic N) is 1. The lowest BCUT2D eigenvalue weighted by molar-refractivity contribution is 0.644. The molecule has 10 aromatic carbocycles. The van der Waals surface area contributed by atoms with E-state index in [1.54, 1.807) is 0 Å². The summed E-state index contributed by atoms with van der Waals surface area (Å²) in [7, 11) is 0. The van der Waals surface area contributed by atoms with Gasteiger partial charge in [0.2, 0.25) is 0 Å². The van der Waals surface area contributed by atoms with E-state index in [0.717, 1.165) is 52.5 Å². The Morgan fingerprint density at radius 1 is 0.530 bits per heavy atom. The number of hydrogen-bond acceptors (Lipinski definition) is 3. The van der Waals surface area contributed by atoms with Crippen LogP contribution in [-0.4, -0.2) is 5.71 Å². The third kappa shape index (κ3) is 7.17. The predicted octanol–water partition coefficient (Wildman–Crippen LogP) is 18.6. The van der Waals surface area contributed by atoms with Crippen LogP contribution >= 0.6 is 11.3 Å². The number of allylic oxidation sites excluding steroid dienone is 1. The molecule has 0 N–H and O–H groups in total. The zero-order valence-corrected chi connectivity index (χ0v) is 37.9. The van der Waals surface area contributed by atoms with Crippen molar-refractivity contribution in [1.82, 2.24) is 0 Å². The van der Waals surface area contributed by atoms with E-state index >= 15 is 0 Å². The molecular formula is C63H47NOS. The first kappa shape index (κ1) is 40.0. The molecule has 2 heterocycles. The summed E-state index contributed by atoms with van der Waals surface area (Å²) in [6, 6.07) is 73.1. The molecule has 0 amide bonds. The van der Waals surface area contributed by atoms with Gasteiger partial charge in [-0.05, 0) is 121 Å². The van der Waals surface area contributed by atoms with Gasteiger partial charge in [0.1, 0.15) is 11.2 Å². The molecule has 0 aliphatic heterocycles. The van der Waals surface area contributed by atoms with Gasteiger partial charge in [-0.1, -0.05) is 189 Å². The Bertz CT molecular complexity index is 3890. The first-order valence-electron chi connectivity index (χ1n) is 23.2. The number of rotatable bonds is 10. The predicted molar refractivity (Wildman–Crippen MR) is 285 cm³/mol. The average Bonchev–Trinajstić information content (AvgIpc) is 3.93. The lowest BCUT2D eigenvalue weighted by Gasteiger charge is -2.19. The molecule has 12 aromatic rings. The Hall–Kier alpha value is -7.59. The highest BCUT2D eigenvalue weighted by Gasteiger charge is 2.21. The normalized spacial score (nSPS) is 13.0. The highest BCUT2D eigenvalue weighted by atomic mass is 32.1. The van der Waals surface area contributed by atoms with Crippen LogP contribution in [0.2, 0.25) is 0 Å². The van der Waals surface area contributed by atoms with Gasteiger partial charge in [-0.3, -0.25) is 4.99 Å². The number of furan rings is 1.